The number of carbonyl (C=O) groups excluding carboxylic acids is 1. The number of hydrogen-bond donors (Lipinski definition) is 0. The Labute approximate surface area is 116 Å². The molecule has 0 saturated carbocycles. The van der Waals surface area contributed by atoms with Crippen LogP contribution >= 0.6 is 11.3 Å². The zero-order chi connectivity index (χ0) is 13.4. The summed E-state index contributed by atoms with van der Waals surface area (Å²) in [7, 11) is 0. The fourth-order valence-corrected chi connectivity index (χ4v) is 3.49. The highest BCUT2D eigenvalue weighted by atomic mass is 32.1. The number of aromatic nitrogens is 3. The molecule has 0 spiro atoms. The van der Waals surface area contributed by atoms with E-state index in [1.54, 1.807) is 5.51 Å². The fraction of sp³-hybridized carbons (Fsp3) is 0.615. The van der Waals surface area contributed by atoms with Crippen molar-refractivity contribution in [2.24, 2.45) is 5.92 Å². The molecule has 0 aliphatic carbocycles. The highest BCUT2D eigenvalue weighted by Gasteiger charge is 2.30. The lowest BCUT2D eigenvalue weighted by Gasteiger charge is -2.16. The Hall–Kier alpha value is -1.43. The number of nitrogens with zero attached hydrogens (tertiary/aromatic N) is 4. The van der Waals surface area contributed by atoms with Crippen LogP contribution in [0.2, 0.25) is 0 Å². The summed E-state index contributed by atoms with van der Waals surface area (Å²) in [6.07, 6.45) is 2.99. The monoisotopic (exact) mass is 278 g/mol. The fourth-order valence-electron chi connectivity index (χ4n) is 2.81. The van der Waals surface area contributed by atoms with Crippen LogP contribution in [0.1, 0.15) is 37.6 Å². The van der Waals surface area contributed by atoms with E-state index in [1.165, 1.54) is 11.3 Å². The van der Waals surface area contributed by atoms with Crippen molar-refractivity contribution in [2.45, 2.75) is 39.7 Å². The van der Waals surface area contributed by atoms with E-state index in [4.69, 9.17) is 0 Å². The lowest BCUT2D eigenvalue weighted by molar-refractivity contribution is -0.128. The molecule has 1 aliphatic heterocycles. The third kappa shape index (κ3) is 2.25. The van der Waals surface area contributed by atoms with Crippen molar-refractivity contribution in [3.05, 3.63) is 16.9 Å². The number of hydrogen-bond acceptors (Lipinski definition) is 4. The predicted molar refractivity (Wildman–Crippen MR) is 74.0 cm³/mol. The van der Waals surface area contributed by atoms with Crippen LogP contribution in [0.25, 0.3) is 4.96 Å². The summed E-state index contributed by atoms with van der Waals surface area (Å²) in [6, 6.07) is 0. The van der Waals surface area contributed by atoms with Gasteiger partial charge in [-0.2, -0.15) is 5.10 Å². The lowest BCUT2D eigenvalue weighted by atomic mass is 10.0. The number of amides is 1. The highest BCUT2D eigenvalue weighted by Crippen LogP contribution is 2.25. The van der Waals surface area contributed by atoms with Gasteiger partial charge in [0.25, 0.3) is 0 Å². The second-order valence-corrected chi connectivity index (χ2v) is 6.02. The normalized spacial score (nSPS) is 19.8. The molecule has 1 saturated heterocycles. The molecule has 1 amide bonds. The smallest absolute Gasteiger partial charge is 0.223 e. The van der Waals surface area contributed by atoms with Crippen molar-refractivity contribution in [3.8, 4) is 0 Å². The van der Waals surface area contributed by atoms with Crippen molar-refractivity contribution in [3.63, 3.8) is 0 Å². The topological polar surface area (TPSA) is 50.5 Å². The first-order valence-corrected chi connectivity index (χ1v) is 7.62. The summed E-state index contributed by atoms with van der Waals surface area (Å²) in [5, 5.41) is 4.30. The van der Waals surface area contributed by atoms with Crippen LogP contribution in [0.5, 0.6) is 0 Å². The maximum absolute atomic E-state index is 12.0. The van der Waals surface area contributed by atoms with E-state index in [0.717, 1.165) is 35.7 Å². The highest BCUT2D eigenvalue weighted by molar-refractivity contribution is 7.14. The number of imidazole rings is 1. The van der Waals surface area contributed by atoms with Gasteiger partial charge < -0.3 is 4.90 Å². The van der Waals surface area contributed by atoms with Crippen LogP contribution in [0.4, 0.5) is 0 Å². The van der Waals surface area contributed by atoms with Gasteiger partial charge in [0.05, 0.1) is 17.9 Å². The Morgan fingerprint density at radius 2 is 2.37 bits per heavy atom. The van der Waals surface area contributed by atoms with Crippen LogP contribution in [-0.2, 0) is 11.3 Å². The number of carbonyl (C=O) groups is 1. The molecular weight excluding hydrogens is 260 g/mol. The van der Waals surface area contributed by atoms with Gasteiger partial charge in [0.2, 0.25) is 10.9 Å². The Bertz CT molecular complexity index is 603. The molecule has 3 rings (SSSR count). The van der Waals surface area contributed by atoms with E-state index in [0.29, 0.717) is 18.9 Å². The molecule has 1 unspecified atom stereocenters. The van der Waals surface area contributed by atoms with Crippen molar-refractivity contribution >= 4 is 22.2 Å². The van der Waals surface area contributed by atoms with Crippen molar-refractivity contribution in [2.75, 3.05) is 6.54 Å². The van der Waals surface area contributed by atoms with E-state index >= 15 is 0 Å². The minimum atomic E-state index is 0.267. The Balaban J connectivity index is 1.79. The lowest BCUT2D eigenvalue weighted by Crippen LogP contribution is -2.25. The Morgan fingerprint density at radius 1 is 1.53 bits per heavy atom. The van der Waals surface area contributed by atoms with Crippen molar-refractivity contribution < 1.29 is 4.79 Å². The minimum Gasteiger partial charge on any atom is -0.336 e. The summed E-state index contributed by atoms with van der Waals surface area (Å²) in [4.78, 5) is 19.4. The van der Waals surface area contributed by atoms with Crippen molar-refractivity contribution in [1.82, 2.24) is 19.5 Å². The van der Waals surface area contributed by atoms with E-state index in [1.807, 2.05) is 16.3 Å². The van der Waals surface area contributed by atoms with Gasteiger partial charge in [0, 0.05) is 13.0 Å². The summed E-state index contributed by atoms with van der Waals surface area (Å²) in [5.41, 5.74) is 3.81. The molecular formula is C13H18N4OS. The molecule has 2 aromatic heterocycles. The largest absolute Gasteiger partial charge is 0.336 e. The maximum atomic E-state index is 12.0. The first-order valence-electron chi connectivity index (χ1n) is 6.74. The van der Waals surface area contributed by atoms with Gasteiger partial charge in [0.1, 0.15) is 5.51 Å². The molecule has 5 nitrogen and oxygen atoms in total. The molecule has 3 heterocycles. The number of rotatable bonds is 4. The minimum absolute atomic E-state index is 0.267. The molecule has 1 aliphatic rings. The van der Waals surface area contributed by atoms with Gasteiger partial charge in [-0.1, -0.05) is 24.7 Å². The molecule has 19 heavy (non-hydrogen) atoms. The second kappa shape index (κ2) is 4.92. The molecule has 1 fully saturated rings. The van der Waals surface area contributed by atoms with Gasteiger partial charge in [-0.05, 0) is 19.3 Å². The number of aryl methyl sites for hydroxylation is 1. The third-order valence-corrected chi connectivity index (χ3v) is 4.45. The standard InChI is InChI=1S/C13H18N4OS/c1-3-4-10-5-12(18)16(6-10)7-11-9(2)15-13-17(11)14-8-19-13/h8,10H,3-7H2,1-2H3. The van der Waals surface area contributed by atoms with Crippen molar-refractivity contribution in [1.29, 1.82) is 0 Å². The summed E-state index contributed by atoms with van der Waals surface area (Å²) in [6.45, 7) is 5.67. The van der Waals surface area contributed by atoms with Gasteiger partial charge >= 0.3 is 0 Å². The van der Waals surface area contributed by atoms with E-state index in [9.17, 15) is 4.79 Å². The Morgan fingerprint density at radius 3 is 3.16 bits per heavy atom. The molecule has 6 heteroatoms. The van der Waals surface area contributed by atoms with Gasteiger partial charge in [-0.25, -0.2) is 9.50 Å². The zero-order valence-electron chi connectivity index (χ0n) is 11.3. The van der Waals surface area contributed by atoms with Crippen LogP contribution in [0.3, 0.4) is 0 Å². The van der Waals surface area contributed by atoms with Gasteiger partial charge in [-0.3, -0.25) is 4.79 Å². The predicted octanol–water partition coefficient (Wildman–Crippen LogP) is 2.25. The Kier molecular flexibility index (Phi) is 3.26. The molecule has 0 radical (unpaired) electrons. The SMILES string of the molecule is CCCC1CC(=O)N(Cc2c(C)nc3scnn23)C1. The summed E-state index contributed by atoms with van der Waals surface area (Å²) >= 11 is 1.53. The zero-order valence-corrected chi connectivity index (χ0v) is 12.1. The second-order valence-electron chi connectivity index (χ2n) is 5.21. The molecule has 0 N–H and O–H groups in total. The van der Waals surface area contributed by atoms with E-state index in [2.05, 4.69) is 17.0 Å². The summed E-state index contributed by atoms with van der Waals surface area (Å²) < 4.78 is 1.86. The van der Waals surface area contributed by atoms with Gasteiger partial charge in [0.15, 0.2) is 0 Å². The average molecular weight is 278 g/mol. The third-order valence-electron chi connectivity index (χ3n) is 3.77. The number of likely N-dealkylation sites (tertiary alicyclic amines) is 1. The maximum Gasteiger partial charge on any atom is 0.223 e. The first kappa shape index (κ1) is 12.6. The quantitative estimate of drug-likeness (QED) is 0.862. The van der Waals surface area contributed by atoms with Crippen LogP contribution < -0.4 is 0 Å². The van der Waals surface area contributed by atoms with Crippen LogP contribution in [0.15, 0.2) is 5.51 Å². The molecule has 2 aromatic rings. The van der Waals surface area contributed by atoms with Gasteiger partial charge in [-0.15, -0.1) is 0 Å². The van der Waals surface area contributed by atoms with E-state index < -0.39 is 0 Å². The summed E-state index contributed by atoms with van der Waals surface area (Å²) in [5.74, 6) is 0.791. The van der Waals surface area contributed by atoms with E-state index in [-0.39, 0.29) is 5.91 Å². The van der Waals surface area contributed by atoms with Crippen LogP contribution in [0, 0.1) is 12.8 Å². The first-order chi connectivity index (χ1) is 9.19. The number of fused-ring (bicyclic) bond motifs is 1. The molecule has 1 atom stereocenters. The molecule has 0 bridgehead atoms. The average Bonchev–Trinajstić information content (AvgIpc) is 3.00. The van der Waals surface area contributed by atoms with Crippen LogP contribution in [-0.4, -0.2) is 31.9 Å². The molecule has 102 valence electrons. The molecule has 0 aromatic carbocycles.